The molecule has 20 heavy (non-hydrogen) atoms. The molecule has 0 saturated heterocycles. The highest BCUT2D eigenvalue weighted by Crippen LogP contribution is 2.44. The lowest BCUT2D eigenvalue weighted by Gasteiger charge is -2.11. The van der Waals surface area contributed by atoms with Crippen molar-refractivity contribution in [2.24, 2.45) is 0 Å². The van der Waals surface area contributed by atoms with Crippen LogP contribution in [0.3, 0.4) is 0 Å². The van der Waals surface area contributed by atoms with Crippen LogP contribution in [-0.2, 0) is 6.18 Å². The number of phenols is 2. The van der Waals surface area contributed by atoms with E-state index < -0.39 is 29.2 Å². The normalized spacial score (nSPS) is 11.6. The van der Waals surface area contributed by atoms with Crippen LogP contribution in [-0.4, -0.2) is 31.5 Å². The summed E-state index contributed by atoms with van der Waals surface area (Å²) in [6, 6.07) is 2.48. The van der Waals surface area contributed by atoms with Crippen LogP contribution in [0.4, 0.5) is 13.2 Å². The summed E-state index contributed by atoms with van der Waals surface area (Å²) in [5.41, 5.74) is -2.03. The van der Waals surface area contributed by atoms with Gasteiger partial charge in [0.25, 0.3) is 0 Å². The number of aromatic carboxylic acids is 1. The SMILES string of the molecule is O=C(O)c1cc(-c2ccc(C(F)(F)F)c(O)c2O)n[nH]1. The average molecular weight is 288 g/mol. The minimum absolute atomic E-state index is 0.107. The Balaban J connectivity index is 2.53. The van der Waals surface area contributed by atoms with Crippen molar-refractivity contribution in [2.45, 2.75) is 6.18 Å². The topological polar surface area (TPSA) is 106 Å². The fraction of sp³-hybridized carbons (Fsp3) is 0.0909. The smallest absolute Gasteiger partial charge is 0.420 e. The number of aromatic amines is 1. The van der Waals surface area contributed by atoms with Gasteiger partial charge in [0.2, 0.25) is 0 Å². The van der Waals surface area contributed by atoms with E-state index in [1.165, 1.54) is 0 Å². The zero-order valence-electron chi connectivity index (χ0n) is 9.56. The van der Waals surface area contributed by atoms with Crippen LogP contribution in [0.25, 0.3) is 11.3 Å². The van der Waals surface area contributed by atoms with Gasteiger partial charge in [-0.3, -0.25) is 5.10 Å². The standard InChI is InChI=1S/C11H7F3N2O4/c12-11(13,14)5-2-1-4(8(17)9(5)18)6-3-7(10(19)20)16-15-6/h1-3,17-18H,(H,15,16)(H,19,20). The largest absolute Gasteiger partial charge is 0.504 e. The number of hydrogen-bond donors (Lipinski definition) is 4. The van der Waals surface area contributed by atoms with Crippen molar-refractivity contribution in [3.63, 3.8) is 0 Å². The molecule has 0 aliphatic rings. The Labute approximate surface area is 109 Å². The number of benzene rings is 1. The first kappa shape index (κ1) is 13.7. The average Bonchev–Trinajstić information content (AvgIpc) is 2.80. The third-order valence-electron chi connectivity index (χ3n) is 2.54. The molecule has 9 heteroatoms. The Morgan fingerprint density at radius 3 is 2.35 bits per heavy atom. The summed E-state index contributed by atoms with van der Waals surface area (Å²) in [6.45, 7) is 0. The van der Waals surface area contributed by atoms with E-state index in [0.29, 0.717) is 6.07 Å². The second kappa shape index (κ2) is 4.44. The van der Waals surface area contributed by atoms with Gasteiger partial charge in [-0.15, -0.1) is 0 Å². The van der Waals surface area contributed by atoms with E-state index in [-0.39, 0.29) is 17.0 Å². The van der Waals surface area contributed by atoms with E-state index in [2.05, 4.69) is 10.2 Å². The maximum atomic E-state index is 12.5. The molecule has 0 radical (unpaired) electrons. The highest BCUT2D eigenvalue weighted by atomic mass is 19.4. The number of H-pyrrole nitrogens is 1. The van der Waals surface area contributed by atoms with Gasteiger partial charge in [-0.1, -0.05) is 0 Å². The molecule has 0 atom stereocenters. The predicted molar refractivity (Wildman–Crippen MR) is 59.3 cm³/mol. The van der Waals surface area contributed by atoms with Crippen LogP contribution in [0.5, 0.6) is 11.5 Å². The third-order valence-corrected chi connectivity index (χ3v) is 2.54. The maximum Gasteiger partial charge on any atom is 0.420 e. The van der Waals surface area contributed by atoms with Gasteiger partial charge in [-0.2, -0.15) is 18.3 Å². The van der Waals surface area contributed by atoms with Crippen molar-refractivity contribution in [1.82, 2.24) is 10.2 Å². The molecule has 6 nitrogen and oxygen atoms in total. The minimum atomic E-state index is -4.82. The number of rotatable bonds is 2. The molecule has 0 aliphatic heterocycles. The Morgan fingerprint density at radius 2 is 1.85 bits per heavy atom. The Hall–Kier alpha value is -2.71. The number of phenolic OH excluding ortho intramolecular Hbond substituents is 2. The first-order valence-electron chi connectivity index (χ1n) is 5.13. The molecule has 2 rings (SSSR count). The zero-order chi connectivity index (χ0) is 15.1. The first-order valence-corrected chi connectivity index (χ1v) is 5.13. The van der Waals surface area contributed by atoms with E-state index >= 15 is 0 Å². The molecular weight excluding hydrogens is 281 g/mol. The van der Waals surface area contributed by atoms with Gasteiger partial charge < -0.3 is 15.3 Å². The molecule has 0 unspecified atom stereocenters. The van der Waals surface area contributed by atoms with Crippen LogP contribution in [0, 0.1) is 0 Å². The molecule has 0 spiro atoms. The summed E-state index contributed by atoms with van der Waals surface area (Å²) in [7, 11) is 0. The van der Waals surface area contributed by atoms with Crippen molar-refractivity contribution in [3.05, 3.63) is 29.5 Å². The highest BCUT2D eigenvalue weighted by Gasteiger charge is 2.35. The summed E-state index contributed by atoms with van der Waals surface area (Å²) in [5.74, 6) is -3.68. The predicted octanol–water partition coefficient (Wildman–Crippen LogP) is 2.20. The highest BCUT2D eigenvalue weighted by molar-refractivity contribution is 5.87. The number of carbonyl (C=O) groups is 1. The molecule has 1 heterocycles. The van der Waals surface area contributed by atoms with Crippen molar-refractivity contribution in [1.29, 1.82) is 0 Å². The maximum absolute atomic E-state index is 12.5. The first-order chi connectivity index (χ1) is 9.21. The number of carboxylic acids is 1. The van der Waals surface area contributed by atoms with Gasteiger partial charge in [0.05, 0.1) is 5.69 Å². The fourth-order valence-electron chi connectivity index (χ4n) is 1.58. The second-order valence-electron chi connectivity index (χ2n) is 3.83. The van der Waals surface area contributed by atoms with Gasteiger partial charge in [0, 0.05) is 5.56 Å². The number of nitrogens with zero attached hydrogens (tertiary/aromatic N) is 1. The van der Waals surface area contributed by atoms with Crippen LogP contribution < -0.4 is 0 Å². The molecular formula is C11H7F3N2O4. The monoisotopic (exact) mass is 288 g/mol. The van der Waals surface area contributed by atoms with Crippen LogP contribution in [0.15, 0.2) is 18.2 Å². The van der Waals surface area contributed by atoms with E-state index in [0.717, 1.165) is 12.1 Å². The van der Waals surface area contributed by atoms with Gasteiger partial charge in [0.1, 0.15) is 11.3 Å². The summed E-state index contributed by atoms with van der Waals surface area (Å²) in [4.78, 5) is 10.7. The van der Waals surface area contributed by atoms with E-state index in [1.54, 1.807) is 0 Å². The summed E-state index contributed by atoms with van der Waals surface area (Å²) in [5, 5.41) is 33.3. The number of alkyl halides is 3. The summed E-state index contributed by atoms with van der Waals surface area (Å²) < 4.78 is 37.5. The van der Waals surface area contributed by atoms with Gasteiger partial charge in [0.15, 0.2) is 11.5 Å². The molecule has 0 fully saturated rings. The molecule has 4 N–H and O–H groups in total. The quantitative estimate of drug-likeness (QED) is 0.634. The van der Waals surface area contributed by atoms with Gasteiger partial charge >= 0.3 is 12.1 Å². The molecule has 2 aromatic rings. The zero-order valence-corrected chi connectivity index (χ0v) is 9.56. The van der Waals surface area contributed by atoms with Crippen LogP contribution in [0.1, 0.15) is 16.1 Å². The molecule has 1 aromatic heterocycles. The second-order valence-corrected chi connectivity index (χ2v) is 3.83. The minimum Gasteiger partial charge on any atom is -0.504 e. The lowest BCUT2D eigenvalue weighted by atomic mass is 10.1. The number of aromatic hydroxyl groups is 2. The van der Waals surface area contributed by atoms with E-state index in [9.17, 15) is 28.2 Å². The lowest BCUT2D eigenvalue weighted by molar-refractivity contribution is -0.138. The molecule has 0 saturated carbocycles. The van der Waals surface area contributed by atoms with Gasteiger partial charge in [-0.25, -0.2) is 4.79 Å². The van der Waals surface area contributed by atoms with Crippen LogP contribution >= 0.6 is 0 Å². The summed E-state index contributed by atoms with van der Waals surface area (Å²) in [6.07, 6.45) is -4.82. The number of hydrogen-bond acceptors (Lipinski definition) is 4. The van der Waals surface area contributed by atoms with Gasteiger partial charge in [-0.05, 0) is 18.2 Å². The van der Waals surface area contributed by atoms with Crippen LogP contribution in [0.2, 0.25) is 0 Å². The van der Waals surface area contributed by atoms with E-state index in [1.807, 2.05) is 0 Å². The number of aromatic nitrogens is 2. The van der Waals surface area contributed by atoms with Crippen molar-refractivity contribution in [2.75, 3.05) is 0 Å². The number of halogens is 3. The lowest BCUT2D eigenvalue weighted by Crippen LogP contribution is -2.05. The number of carboxylic acid groups (broad SMARTS) is 1. The third kappa shape index (κ3) is 2.25. The molecule has 0 amide bonds. The Bertz CT molecular complexity index is 679. The molecule has 1 aromatic carbocycles. The Morgan fingerprint density at radius 1 is 1.20 bits per heavy atom. The summed E-state index contributed by atoms with van der Waals surface area (Å²) >= 11 is 0. The molecule has 0 aliphatic carbocycles. The molecule has 106 valence electrons. The van der Waals surface area contributed by atoms with Crippen molar-refractivity contribution in [3.8, 4) is 22.8 Å². The molecule has 0 bridgehead atoms. The van der Waals surface area contributed by atoms with Crippen molar-refractivity contribution >= 4 is 5.97 Å². The number of nitrogens with one attached hydrogen (secondary N) is 1. The van der Waals surface area contributed by atoms with Crippen molar-refractivity contribution < 1.29 is 33.3 Å². The Kier molecular flexibility index (Phi) is 3.04. The van der Waals surface area contributed by atoms with E-state index in [4.69, 9.17) is 5.11 Å². The fourth-order valence-corrected chi connectivity index (χ4v) is 1.58.